The molecule has 210 valence electrons. The van der Waals surface area contributed by atoms with Crippen LogP contribution >= 0.6 is 11.3 Å². The summed E-state index contributed by atoms with van der Waals surface area (Å²) >= 11 is 1.39. The summed E-state index contributed by atoms with van der Waals surface area (Å²) in [6.45, 7) is 1.01. The predicted octanol–water partition coefficient (Wildman–Crippen LogP) is 4.55. The zero-order valence-electron chi connectivity index (χ0n) is 23.0. The van der Waals surface area contributed by atoms with E-state index in [2.05, 4.69) is 17.3 Å². The Kier molecular flexibility index (Phi) is 8.20. The van der Waals surface area contributed by atoms with Crippen LogP contribution in [0, 0.1) is 5.41 Å². The van der Waals surface area contributed by atoms with Gasteiger partial charge in [0.15, 0.2) is 0 Å². The lowest BCUT2D eigenvalue weighted by atomic mass is 9.90. The van der Waals surface area contributed by atoms with Crippen LogP contribution in [0.25, 0.3) is 21.0 Å². The maximum atomic E-state index is 13.7. The molecule has 2 aromatic carbocycles. The van der Waals surface area contributed by atoms with Crippen molar-refractivity contribution in [2.24, 2.45) is 5.73 Å². The Morgan fingerprint density at radius 2 is 1.90 bits per heavy atom. The molecule has 0 spiro atoms. The first kappa shape index (κ1) is 27.8. The highest BCUT2D eigenvalue weighted by atomic mass is 32.1. The number of amides is 1. The number of nitrogens with zero attached hydrogens (tertiary/aromatic N) is 2. The third-order valence-corrected chi connectivity index (χ3v) is 8.88. The third-order valence-electron chi connectivity index (χ3n) is 7.80. The number of rotatable bonds is 9. The molecular weight excluding hydrogens is 526 g/mol. The predicted molar refractivity (Wildman–Crippen MR) is 158 cm³/mol. The highest BCUT2D eigenvalue weighted by Gasteiger charge is 2.27. The minimum absolute atomic E-state index is 0.0292. The largest absolute Gasteiger partial charge is 0.465 e. The number of nitrogens with two attached hydrogens (primary N) is 1. The van der Waals surface area contributed by atoms with Crippen LogP contribution in [0.15, 0.2) is 48.5 Å². The van der Waals surface area contributed by atoms with Crippen molar-refractivity contribution in [1.82, 2.24) is 14.8 Å². The molecule has 2 aromatic heterocycles. The summed E-state index contributed by atoms with van der Waals surface area (Å²) in [6, 6.07) is 15.8. The first-order valence-corrected chi connectivity index (χ1v) is 14.2. The summed E-state index contributed by atoms with van der Waals surface area (Å²) in [7, 11) is 5.15. The second-order valence-electron chi connectivity index (χ2n) is 10.4. The van der Waals surface area contributed by atoms with Crippen LogP contribution in [0.5, 0.6) is 0 Å². The maximum Gasteiger partial charge on any atom is 0.348 e. The average molecular weight is 562 g/mol. The summed E-state index contributed by atoms with van der Waals surface area (Å²) in [4.78, 5) is 28.7. The molecule has 0 saturated heterocycles. The fourth-order valence-electron chi connectivity index (χ4n) is 5.64. The van der Waals surface area contributed by atoms with Crippen molar-refractivity contribution in [1.29, 1.82) is 5.41 Å². The smallest absolute Gasteiger partial charge is 0.348 e. The van der Waals surface area contributed by atoms with Gasteiger partial charge in [0.05, 0.1) is 13.8 Å². The third kappa shape index (κ3) is 5.60. The van der Waals surface area contributed by atoms with Gasteiger partial charge in [-0.05, 0) is 67.9 Å². The second-order valence-corrected chi connectivity index (χ2v) is 11.5. The molecule has 4 N–H and O–H groups in total. The van der Waals surface area contributed by atoms with E-state index in [9.17, 15) is 9.59 Å². The van der Waals surface area contributed by atoms with Crippen molar-refractivity contribution in [2.75, 3.05) is 28.0 Å². The number of hydrogen-bond acceptors (Lipinski definition) is 7. The van der Waals surface area contributed by atoms with E-state index >= 15 is 0 Å². The minimum atomic E-state index is -0.368. The number of amidine groups is 1. The van der Waals surface area contributed by atoms with E-state index in [1.807, 2.05) is 47.0 Å². The summed E-state index contributed by atoms with van der Waals surface area (Å²) in [5, 5.41) is 13.1. The van der Waals surface area contributed by atoms with Gasteiger partial charge in [0.25, 0.3) is 5.91 Å². The van der Waals surface area contributed by atoms with Gasteiger partial charge in [-0.1, -0.05) is 24.3 Å². The quantitative estimate of drug-likeness (QED) is 0.119. The number of carbonyl (C=O) groups is 2. The molecule has 0 unspecified atom stereocenters. The molecular formula is C30H35N5O4S. The van der Waals surface area contributed by atoms with Gasteiger partial charge in [-0.15, -0.1) is 11.3 Å². The van der Waals surface area contributed by atoms with Crippen LogP contribution in [-0.4, -0.2) is 67.3 Å². The van der Waals surface area contributed by atoms with Crippen molar-refractivity contribution in [3.05, 3.63) is 70.2 Å². The molecule has 0 bridgehead atoms. The number of benzene rings is 2. The number of thiophene rings is 1. The molecule has 1 fully saturated rings. The highest BCUT2D eigenvalue weighted by molar-refractivity contribution is 7.20. The Labute approximate surface area is 237 Å². The van der Waals surface area contributed by atoms with E-state index in [1.165, 1.54) is 18.4 Å². The number of methoxy groups -OCH3 is 2. The molecule has 2 heterocycles. The first-order valence-electron chi connectivity index (χ1n) is 13.4. The molecule has 9 nitrogen and oxygen atoms in total. The van der Waals surface area contributed by atoms with E-state index in [4.69, 9.17) is 20.6 Å². The van der Waals surface area contributed by atoms with Crippen molar-refractivity contribution in [2.45, 2.75) is 44.3 Å². The number of nitrogen functional groups attached to an aromatic ring is 1. The molecule has 1 aliphatic rings. The van der Waals surface area contributed by atoms with Gasteiger partial charge in [-0.3, -0.25) is 15.1 Å². The minimum Gasteiger partial charge on any atom is -0.465 e. The Bertz CT molecular complexity index is 1570. The van der Waals surface area contributed by atoms with Crippen LogP contribution in [-0.2, 0) is 16.0 Å². The number of hydrogen-bond donors (Lipinski definition) is 3. The molecule has 40 heavy (non-hydrogen) atoms. The lowest BCUT2D eigenvalue weighted by molar-refractivity contribution is 0.0376. The molecule has 1 saturated carbocycles. The molecule has 4 aromatic rings. The van der Waals surface area contributed by atoms with Crippen LogP contribution < -0.4 is 11.1 Å². The Hall–Kier alpha value is -3.73. The number of carbonyl (C=O) groups excluding carboxylic acids is 2. The Morgan fingerprint density at radius 3 is 2.60 bits per heavy atom. The van der Waals surface area contributed by atoms with Gasteiger partial charge in [0.2, 0.25) is 0 Å². The summed E-state index contributed by atoms with van der Waals surface area (Å²) < 4.78 is 13.2. The van der Waals surface area contributed by atoms with Crippen molar-refractivity contribution in [3.63, 3.8) is 0 Å². The molecule has 5 rings (SSSR count). The zero-order chi connectivity index (χ0) is 28.4. The van der Waals surface area contributed by atoms with E-state index < -0.39 is 0 Å². The van der Waals surface area contributed by atoms with Gasteiger partial charge in [-0.25, -0.2) is 4.79 Å². The van der Waals surface area contributed by atoms with Gasteiger partial charge >= 0.3 is 5.97 Å². The Balaban J connectivity index is 1.47. The van der Waals surface area contributed by atoms with Gasteiger partial charge in [-0.2, -0.15) is 0 Å². The lowest BCUT2D eigenvalue weighted by Crippen LogP contribution is -2.43. The van der Waals surface area contributed by atoms with Gasteiger partial charge in [0.1, 0.15) is 16.4 Å². The SMILES string of the molecule is COCN(C)[C@H]1CC[C@H](NC(=O)c2cc3ccc(C(=N)N)cc3n2Cc2cccc3sc(C(=O)OC)cc23)CC1. The molecule has 1 aliphatic carbocycles. The summed E-state index contributed by atoms with van der Waals surface area (Å²) in [5.41, 5.74) is 8.76. The average Bonchev–Trinajstić information content (AvgIpc) is 3.55. The van der Waals surface area contributed by atoms with Gasteiger partial charge in [0, 0.05) is 46.9 Å². The van der Waals surface area contributed by atoms with Gasteiger partial charge < -0.3 is 25.1 Å². The first-order chi connectivity index (χ1) is 19.3. The molecule has 0 radical (unpaired) electrons. The normalized spacial score (nSPS) is 17.4. The van der Waals surface area contributed by atoms with Crippen LogP contribution in [0.1, 0.15) is 57.0 Å². The molecule has 0 atom stereocenters. The lowest BCUT2D eigenvalue weighted by Gasteiger charge is -2.34. The van der Waals surface area contributed by atoms with Crippen molar-refractivity contribution in [3.8, 4) is 0 Å². The number of ether oxygens (including phenoxy) is 2. The molecule has 1 amide bonds. The summed E-state index contributed by atoms with van der Waals surface area (Å²) in [5.74, 6) is -0.520. The highest BCUT2D eigenvalue weighted by Crippen LogP contribution is 2.31. The fourth-order valence-corrected chi connectivity index (χ4v) is 6.67. The van der Waals surface area contributed by atoms with E-state index in [0.29, 0.717) is 35.5 Å². The number of nitrogens with one attached hydrogen (secondary N) is 2. The zero-order valence-corrected chi connectivity index (χ0v) is 23.8. The number of fused-ring (bicyclic) bond motifs is 2. The summed E-state index contributed by atoms with van der Waals surface area (Å²) in [6.07, 6.45) is 3.81. The van der Waals surface area contributed by atoms with Crippen molar-refractivity contribution >= 4 is 50.0 Å². The van der Waals surface area contributed by atoms with Crippen LogP contribution in [0.2, 0.25) is 0 Å². The van der Waals surface area contributed by atoms with Crippen LogP contribution in [0.3, 0.4) is 0 Å². The van der Waals surface area contributed by atoms with Crippen LogP contribution in [0.4, 0.5) is 0 Å². The molecule has 0 aliphatic heterocycles. The molecule has 10 heteroatoms. The standard InChI is InChI=1S/C30H35N5O4S/c1-34(17-38-2)22-11-9-21(10-12-22)33-29(36)25-13-18-7-8-19(28(31)32)14-24(18)35(25)16-20-5-4-6-26-23(20)15-27(40-26)30(37)39-3/h4-8,13-15,21-22H,9-12,16-17H2,1-3H3,(H3,31,32)(H,33,36)/t21-,22-. The number of aromatic nitrogens is 1. The second kappa shape index (κ2) is 11.8. The monoisotopic (exact) mass is 561 g/mol. The van der Waals surface area contributed by atoms with Crippen molar-refractivity contribution < 1.29 is 19.1 Å². The van der Waals surface area contributed by atoms with E-state index in [1.54, 1.807) is 13.2 Å². The number of esters is 1. The maximum absolute atomic E-state index is 13.7. The Morgan fingerprint density at radius 1 is 1.12 bits per heavy atom. The van der Waals surface area contributed by atoms with E-state index in [0.717, 1.165) is 52.2 Å². The fraction of sp³-hybridized carbons (Fsp3) is 0.367. The topological polar surface area (TPSA) is 123 Å². The van der Waals surface area contributed by atoms with E-state index in [-0.39, 0.29) is 23.8 Å².